The van der Waals surface area contributed by atoms with Crippen LogP contribution in [-0.4, -0.2) is 16.9 Å². The van der Waals surface area contributed by atoms with Crippen molar-refractivity contribution >= 4 is 28.3 Å². The number of amides is 1. The van der Waals surface area contributed by atoms with E-state index in [1.54, 1.807) is 24.3 Å². The molecule has 132 valence electrons. The Morgan fingerprint density at radius 1 is 1.40 bits per heavy atom. The van der Waals surface area contributed by atoms with Gasteiger partial charge in [0.2, 0.25) is 5.13 Å². The van der Waals surface area contributed by atoms with Crippen molar-refractivity contribution < 1.29 is 14.3 Å². The second kappa shape index (κ2) is 7.23. The maximum Gasteiger partial charge on any atom is 0.310 e. The average Bonchev–Trinajstić information content (AvgIpc) is 3.20. The van der Waals surface area contributed by atoms with Gasteiger partial charge in [0.15, 0.2) is 5.60 Å². The number of hydrazine groups is 1. The first-order chi connectivity index (χ1) is 12.0. The molecule has 0 bridgehead atoms. The largest absolute Gasteiger partial charge is 0.453 e. The first kappa shape index (κ1) is 17.4. The SMILES string of the molecule is CCCC1CC(C)(c2csc(NNC(=O)c3ccccc3)n2)OC1=O. The molecule has 2 heterocycles. The smallest absolute Gasteiger partial charge is 0.310 e. The Labute approximate surface area is 150 Å². The van der Waals surface area contributed by atoms with E-state index in [1.165, 1.54) is 11.3 Å². The summed E-state index contributed by atoms with van der Waals surface area (Å²) in [7, 11) is 0. The van der Waals surface area contributed by atoms with Crippen molar-refractivity contribution in [1.29, 1.82) is 0 Å². The summed E-state index contributed by atoms with van der Waals surface area (Å²) in [5.74, 6) is -0.450. The van der Waals surface area contributed by atoms with Crippen LogP contribution in [-0.2, 0) is 15.1 Å². The molecule has 2 atom stereocenters. The van der Waals surface area contributed by atoms with Crippen LogP contribution in [0.25, 0.3) is 0 Å². The highest BCUT2D eigenvalue weighted by atomic mass is 32.1. The summed E-state index contributed by atoms with van der Waals surface area (Å²) >= 11 is 1.36. The van der Waals surface area contributed by atoms with Crippen LogP contribution in [0.3, 0.4) is 0 Å². The van der Waals surface area contributed by atoms with Gasteiger partial charge in [-0.15, -0.1) is 11.3 Å². The summed E-state index contributed by atoms with van der Waals surface area (Å²) < 4.78 is 5.60. The minimum absolute atomic E-state index is 0.0640. The molecule has 1 fully saturated rings. The molecule has 25 heavy (non-hydrogen) atoms. The molecule has 1 aliphatic heterocycles. The molecule has 1 saturated heterocycles. The van der Waals surface area contributed by atoms with Crippen molar-refractivity contribution in [3.63, 3.8) is 0 Å². The molecule has 2 aromatic rings. The van der Waals surface area contributed by atoms with Crippen molar-refractivity contribution in [2.45, 2.75) is 38.7 Å². The Balaban J connectivity index is 1.63. The normalized spacial score (nSPS) is 22.5. The zero-order chi connectivity index (χ0) is 17.9. The minimum Gasteiger partial charge on any atom is -0.453 e. The van der Waals surface area contributed by atoms with Gasteiger partial charge in [0.05, 0.1) is 11.6 Å². The Morgan fingerprint density at radius 2 is 2.16 bits per heavy atom. The summed E-state index contributed by atoms with van der Waals surface area (Å²) in [5, 5.41) is 2.41. The number of carbonyl (C=O) groups excluding carboxylic acids is 2. The van der Waals surface area contributed by atoms with Crippen molar-refractivity contribution in [1.82, 2.24) is 10.4 Å². The number of benzene rings is 1. The molecule has 1 amide bonds. The van der Waals surface area contributed by atoms with Gasteiger partial charge in [-0.05, 0) is 25.5 Å². The number of cyclic esters (lactones) is 1. The number of nitrogens with zero attached hydrogens (tertiary/aromatic N) is 1. The summed E-state index contributed by atoms with van der Waals surface area (Å²) in [6.45, 7) is 3.95. The van der Waals surface area contributed by atoms with E-state index in [0.29, 0.717) is 22.8 Å². The summed E-state index contributed by atoms with van der Waals surface area (Å²) in [4.78, 5) is 28.5. The lowest BCUT2D eigenvalue weighted by molar-refractivity contribution is -0.150. The molecule has 0 radical (unpaired) electrons. The molecule has 1 aromatic carbocycles. The number of rotatable bonds is 6. The molecule has 2 N–H and O–H groups in total. The zero-order valence-corrected chi connectivity index (χ0v) is 15.1. The number of hydrogen-bond acceptors (Lipinski definition) is 6. The van der Waals surface area contributed by atoms with E-state index in [-0.39, 0.29) is 17.8 Å². The van der Waals surface area contributed by atoms with Crippen LogP contribution >= 0.6 is 11.3 Å². The van der Waals surface area contributed by atoms with Crippen molar-refractivity contribution in [3.05, 3.63) is 47.0 Å². The van der Waals surface area contributed by atoms with Crippen LogP contribution in [0.1, 0.15) is 49.2 Å². The minimum atomic E-state index is -0.698. The van der Waals surface area contributed by atoms with Crippen LogP contribution in [0.15, 0.2) is 35.7 Å². The molecule has 6 nitrogen and oxygen atoms in total. The number of aromatic nitrogens is 1. The molecule has 0 saturated carbocycles. The van der Waals surface area contributed by atoms with Crippen LogP contribution in [0, 0.1) is 5.92 Å². The van der Waals surface area contributed by atoms with Gasteiger partial charge in [-0.3, -0.25) is 20.4 Å². The van der Waals surface area contributed by atoms with E-state index in [0.717, 1.165) is 12.8 Å². The van der Waals surface area contributed by atoms with E-state index in [4.69, 9.17) is 4.74 Å². The molecular weight excluding hydrogens is 338 g/mol. The first-order valence-electron chi connectivity index (χ1n) is 8.32. The van der Waals surface area contributed by atoms with Crippen LogP contribution in [0.4, 0.5) is 5.13 Å². The number of thiazole rings is 1. The lowest BCUT2D eigenvalue weighted by Gasteiger charge is -2.19. The van der Waals surface area contributed by atoms with Crippen molar-refractivity contribution in [3.8, 4) is 0 Å². The van der Waals surface area contributed by atoms with Gasteiger partial charge in [0.1, 0.15) is 0 Å². The topological polar surface area (TPSA) is 80.3 Å². The monoisotopic (exact) mass is 359 g/mol. The lowest BCUT2D eigenvalue weighted by Crippen LogP contribution is -2.29. The van der Waals surface area contributed by atoms with Crippen LogP contribution in [0.5, 0.6) is 0 Å². The average molecular weight is 359 g/mol. The molecule has 2 unspecified atom stereocenters. The van der Waals surface area contributed by atoms with Crippen LogP contribution in [0.2, 0.25) is 0 Å². The predicted octanol–water partition coefficient (Wildman–Crippen LogP) is 3.48. The number of anilines is 1. The zero-order valence-electron chi connectivity index (χ0n) is 14.2. The molecule has 0 aliphatic carbocycles. The molecule has 1 aliphatic rings. The predicted molar refractivity (Wildman–Crippen MR) is 96.1 cm³/mol. The van der Waals surface area contributed by atoms with Crippen molar-refractivity contribution in [2.75, 3.05) is 5.43 Å². The highest BCUT2D eigenvalue weighted by Crippen LogP contribution is 2.41. The number of esters is 1. The van der Waals surface area contributed by atoms with E-state index < -0.39 is 5.60 Å². The second-order valence-corrected chi connectivity index (χ2v) is 7.18. The molecular formula is C18H21N3O3S. The third-order valence-corrected chi connectivity index (χ3v) is 5.05. The maximum atomic E-state index is 12.0. The van der Waals surface area contributed by atoms with E-state index in [9.17, 15) is 9.59 Å². The van der Waals surface area contributed by atoms with E-state index in [1.807, 2.05) is 18.4 Å². The number of hydrogen-bond donors (Lipinski definition) is 2. The summed E-state index contributed by atoms with van der Waals surface area (Å²) in [6, 6.07) is 8.93. The fourth-order valence-corrected chi connectivity index (χ4v) is 3.76. The second-order valence-electron chi connectivity index (χ2n) is 6.32. The van der Waals surface area contributed by atoms with Gasteiger partial charge >= 0.3 is 5.97 Å². The van der Waals surface area contributed by atoms with Crippen molar-refractivity contribution in [2.24, 2.45) is 5.92 Å². The number of ether oxygens (including phenoxy) is 1. The highest BCUT2D eigenvalue weighted by Gasteiger charge is 2.45. The summed E-state index contributed by atoms with van der Waals surface area (Å²) in [6.07, 6.45) is 2.42. The summed E-state index contributed by atoms with van der Waals surface area (Å²) in [5.41, 5.74) is 6.01. The fourth-order valence-electron chi connectivity index (χ4n) is 2.97. The number of carbonyl (C=O) groups is 2. The van der Waals surface area contributed by atoms with Gasteiger partial charge in [0, 0.05) is 17.4 Å². The molecule has 3 rings (SSSR count). The molecule has 0 spiro atoms. The quantitative estimate of drug-likeness (QED) is 0.610. The Hall–Kier alpha value is -2.41. The first-order valence-corrected chi connectivity index (χ1v) is 9.20. The maximum absolute atomic E-state index is 12.0. The molecule has 1 aromatic heterocycles. The Kier molecular flexibility index (Phi) is 5.03. The van der Waals surface area contributed by atoms with E-state index >= 15 is 0 Å². The third kappa shape index (κ3) is 3.82. The Morgan fingerprint density at radius 3 is 2.88 bits per heavy atom. The van der Waals surface area contributed by atoms with Gasteiger partial charge in [-0.25, -0.2) is 4.98 Å². The van der Waals surface area contributed by atoms with E-state index in [2.05, 4.69) is 22.8 Å². The van der Waals surface area contributed by atoms with Gasteiger partial charge in [0.25, 0.3) is 5.91 Å². The standard InChI is InChI=1S/C18H21N3O3S/c1-3-7-13-10-18(2,24-16(13)23)14-11-25-17(19-14)21-20-15(22)12-8-5-4-6-9-12/h4-6,8-9,11,13H,3,7,10H2,1-2H3,(H,19,21)(H,20,22). The fraction of sp³-hybridized carbons (Fsp3) is 0.389. The third-order valence-electron chi connectivity index (χ3n) is 4.30. The highest BCUT2D eigenvalue weighted by molar-refractivity contribution is 7.13. The Bertz CT molecular complexity index is 762. The van der Waals surface area contributed by atoms with Gasteiger partial charge in [-0.2, -0.15) is 0 Å². The molecule has 7 heteroatoms. The lowest BCUT2D eigenvalue weighted by atomic mass is 9.91. The van der Waals surface area contributed by atoms with Gasteiger partial charge in [-0.1, -0.05) is 31.5 Å². The number of nitrogens with one attached hydrogen (secondary N) is 2. The van der Waals surface area contributed by atoms with Gasteiger partial charge < -0.3 is 4.74 Å². The van der Waals surface area contributed by atoms with Crippen LogP contribution < -0.4 is 10.9 Å².